The van der Waals surface area contributed by atoms with Gasteiger partial charge in [-0.2, -0.15) is 4.98 Å². The molecule has 1 aromatic heterocycles. The fourth-order valence-electron chi connectivity index (χ4n) is 5.16. The lowest BCUT2D eigenvalue weighted by Crippen LogP contribution is -2.43. The van der Waals surface area contributed by atoms with Gasteiger partial charge >= 0.3 is 0 Å². The first kappa shape index (κ1) is 22.9. The summed E-state index contributed by atoms with van der Waals surface area (Å²) in [4.78, 5) is 11.6. The molecule has 5 nitrogen and oxygen atoms in total. The molecule has 1 saturated heterocycles. The van der Waals surface area contributed by atoms with Crippen LogP contribution in [0.1, 0.15) is 63.1 Å². The summed E-state index contributed by atoms with van der Waals surface area (Å²) in [5.74, 6) is 1.98. The molecule has 2 aliphatic rings. The van der Waals surface area contributed by atoms with Crippen molar-refractivity contribution in [2.75, 3.05) is 29.9 Å². The first-order valence-electron chi connectivity index (χ1n) is 11.9. The quantitative estimate of drug-likeness (QED) is 0.593. The van der Waals surface area contributed by atoms with Crippen molar-refractivity contribution in [2.24, 2.45) is 5.92 Å². The van der Waals surface area contributed by atoms with E-state index in [4.69, 9.17) is 17.2 Å². The highest BCUT2D eigenvalue weighted by atomic mass is 32.1. The van der Waals surface area contributed by atoms with E-state index in [1.165, 1.54) is 37.7 Å². The number of halogens is 1. The van der Waals surface area contributed by atoms with E-state index in [0.717, 1.165) is 37.4 Å². The summed E-state index contributed by atoms with van der Waals surface area (Å²) in [5, 5.41) is 7.14. The predicted octanol–water partition coefficient (Wildman–Crippen LogP) is 5.35. The molecule has 2 aromatic rings. The van der Waals surface area contributed by atoms with Crippen LogP contribution in [0, 0.1) is 18.7 Å². The van der Waals surface area contributed by atoms with Gasteiger partial charge in [0, 0.05) is 36.8 Å². The third-order valence-electron chi connectivity index (χ3n) is 6.90. The maximum Gasteiger partial charge on any atom is 0.231 e. The third-order valence-corrected chi connectivity index (χ3v) is 7.15. The zero-order chi connectivity index (χ0) is 22.6. The zero-order valence-corrected chi connectivity index (χ0v) is 20.0. The largest absolute Gasteiger partial charge is 0.361 e. The van der Waals surface area contributed by atoms with Crippen molar-refractivity contribution in [1.82, 2.24) is 15.3 Å². The summed E-state index contributed by atoms with van der Waals surface area (Å²) in [6.45, 7) is 7.06. The minimum Gasteiger partial charge on any atom is -0.361 e. The minimum absolute atomic E-state index is 0.0275. The summed E-state index contributed by atoms with van der Waals surface area (Å²) in [7, 11) is 0. The maximum atomic E-state index is 13.5. The van der Waals surface area contributed by atoms with E-state index in [0.29, 0.717) is 23.5 Å². The Balaban J connectivity index is 1.43. The molecule has 1 saturated carbocycles. The van der Waals surface area contributed by atoms with Crippen molar-refractivity contribution in [1.29, 1.82) is 0 Å². The van der Waals surface area contributed by atoms with Crippen LogP contribution in [0.25, 0.3) is 0 Å². The van der Waals surface area contributed by atoms with Gasteiger partial charge < -0.3 is 15.5 Å². The number of hydrogen-bond donors (Lipinski definition) is 2. The van der Waals surface area contributed by atoms with Crippen LogP contribution < -0.4 is 15.5 Å². The number of aromatic nitrogens is 2. The lowest BCUT2D eigenvalue weighted by Gasteiger charge is -2.38. The predicted molar refractivity (Wildman–Crippen MR) is 133 cm³/mol. The van der Waals surface area contributed by atoms with Crippen LogP contribution in [0.15, 0.2) is 30.3 Å². The van der Waals surface area contributed by atoms with Crippen LogP contribution in [0.3, 0.4) is 0 Å². The van der Waals surface area contributed by atoms with Crippen molar-refractivity contribution >= 4 is 29.1 Å². The normalized spacial score (nSPS) is 20.6. The molecule has 0 radical (unpaired) electrons. The second-order valence-electron chi connectivity index (χ2n) is 9.54. The Morgan fingerprint density at radius 3 is 2.62 bits per heavy atom. The first-order valence-corrected chi connectivity index (χ1v) is 12.3. The van der Waals surface area contributed by atoms with Crippen molar-refractivity contribution in [3.8, 4) is 0 Å². The van der Waals surface area contributed by atoms with E-state index in [9.17, 15) is 4.39 Å². The van der Waals surface area contributed by atoms with Crippen LogP contribution in [0.5, 0.6) is 0 Å². The Bertz CT molecular complexity index is 926. The van der Waals surface area contributed by atoms with Crippen molar-refractivity contribution < 1.29 is 4.39 Å². The third kappa shape index (κ3) is 5.55. The van der Waals surface area contributed by atoms with Crippen LogP contribution in [0.4, 0.5) is 16.2 Å². The molecule has 32 heavy (non-hydrogen) atoms. The summed E-state index contributed by atoms with van der Waals surface area (Å²) in [6, 6.07) is 9.02. The molecule has 0 bridgehead atoms. The van der Waals surface area contributed by atoms with Gasteiger partial charge in [0.2, 0.25) is 5.95 Å². The van der Waals surface area contributed by atoms with E-state index in [-0.39, 0.29) is 11.2 Å². The minimum atomic E-state index is -0.194. The van der Waals surface area contributed by atoms with Gasteiger partial charge in [0.25, 0.3) is 0 Å². The average Bonchev–Trinajstić information content (AvgIpc) is 2.78. The number of rotatable bonds is 5. The smallest absolute Gasteiger partial charge is 0.231 e. The summed E-state index contributed by atoms with van der Waals surface area (Å²) in [6.07, 6.45) is 8.23. The molecule has 2 N–H and O–H groups in total. The summed E-state index contributed by atoms with van der Waals surface area (Å²) < 4.78 is 13.5. The second-order valence-corrected chi connectivity index (χ2v) is 9.95. The van der Waals surface area contributed by atoms with Crippen LogP contribution in [-0.4, -0.2) is 34.7 Å². The van der Waals surface area contributed by atoms with Crippen molar-refractivity contribution in [2.45, 2.75) is 64.2 Å². The molecule has 4 rings (SSSR count). The Hall–Kier alpha value is -2.28. The highest BCUT2D eigenvalue weighted by Gasteiger charge is 2.34. The fraction of sp³-hybridized carbons (Fsp3) is 0.560. The van der Waals surface area contributed by atoms with Gasteiger partial charge in [0.1, 0.15) is 11.6 Å². The van der Waals surface area contributed by atoms with Gasteiger partial charge in [-0.3, -0.25) is 0 Å². The fourth-order valence-corrected chi connectivity index (χ4v) is 5.33. The number of nitrogens with zero attached hydrogens (tertiary/aromatic N) is 3. The maximum absolute atomic E-state index is 13.5. The number of aryl methyl sites for hydroxylation is 1. The van der Waals surface area contributed by atoms with E-state index in [1.54, 1.807) is 12.1 Å². The molecular formula is C25H34FN5S. The van der Waals surface area contributed by atoms with Gasteiger partial charge in [0.05, 0.1) is 0 Å². The lowest BCUT2D eigenvalue weighted by molar-refractivity contribution is 0.292. The highest BCUT2D eigenvalue weighted by Crippen LogP contribution is 2.39. The Morgan fingerprint density at radius 1 is 1.16 bits per heavy atom. The molecule has 2 fully saturated rings. The van der Waals surface area contributed by atoms with E-state index < -0.39 is 0 Å². The standard InChI is InChI=1S/C25H34FN5S/c1-18-7-6-14-31(16-18)22-15-19(2)28-23(29-22)30-24(32)27-17-25(12-4-3-5-13-25)20-8-10-21(26)11-9-20/h8-11,15,18H,3-7,12-14,16-17H2,1-2H3,(H2,27,28,29,30,32)/t18-/m0/s1. The number of anilines is 2. The van der Waals surface area contributed by atoms with E-state index in [1.807, 2.05) is 25.1 Å². The van der Waals surface area contributed by atoms with Crippen molar-refractivity contribution in [3.05, 3.63) is 47.4 Å². The Kier molecular flexibility index (Phi) is 7.23. The number of benzene rings is 1. The number of thiocarbonyl (C=S) groups is 1. The van der Waals surface area contributed by atoms with E-state index >= 15 is 0 Å². The van der Waals surface area contributed by atoms with Crippen molar-refractivity contribution in [3.63, 3.8) is 0 Å². The number of nitrogens with one attached hydrogen (secondary N) is 2. The molecule has 2 heterocycles. The highest BCUT2D eigenvalue weighted by molar-refractivity contribution is 7.80. The Morgan fingerprint density at radius 2 is 1.91 bits per heavy atom. The van der Waals surface area contributed by atoms with Crippen LogP contribution in [0.2, 0.25) is 0 Å². The monoisotopic (exact) mass is 455 g/mol. The molecule has 1 aromatic carbocycles. The average molecular weight is 456 g/mol. The Labute approximate surface area is 196 Å². The molecule has 7 heteroatoms. The van der Waals surface area contributed by atoms with Crippen LogP contribution in [-0.2, 0) is 5.41 Å². The van der Waals surface area contributed by atoms with Crippen LogP contribution >= 0.6 is 12.2 Å². The SMILES string of the molecule is Cc1cc(N2CCC[C@H](C)C2)nc(NC(=S)NCC2(c3ccc(F)cc3)CCCCC2)n1. The zero-order valence-electron chi connectivity index (χ0n) is 19.2. The lowest BCUT2D eigenvalue weighted by atomic mass is 9.69. The molecule has 172 valence electrons. The number of hydrogen-bond acceptors (Lipinski definition) is 4. The van der Waals surface area contributed by atoms with Gasteiger partial charge in [-0.25, -0.2) is 9.37 Å². The molecular weight excluding hydrogens is 421 g/mol. The first-order chi connectivity index (χ1) is 15.4. The molecule has 1 atom stereocenters. The van der Waals surface area contributed by atoms with E-state index in [2.05, 4.69) is 27.4 Å². The van der Waals surface area contributed by atoms with Gasteiger partial charge in [-0.05, 0) is 68.4 Å². The van der Waals surface area contributed by atoms with Gasteiger partial charge in [-0.1, -0.05) is 38.3 Å². The molecule has 0 unspecified atom stereocenters. The summed E-state index contributed by atoms with van der Waals surface area (Å²) in [5.41, 5.74) is 2.08. The molecule has 0 amide bonds. The topological polar surface area (TPSA) is 53.1 Å². The summed E-state index contributed by atoms with van der Waals surface area (Å²) >= 11 is 5.61. The number of piperidine rings is 1. The molecule has 0 spiro atoms. The molecule has 1 aliphatic heterocycles. The van der Waals surface area contributed by atoms with Gasteiger partial charge in [-0.15, -0.1) is 0 Å². The molecule has 1 aliphatic carbocycles. The second kappa shape index (κ2) is 10.1. The van der Waals surface area contributed by atoms with Gasteiger partial charge in [0.15, 0.2) is 5.11 Å².